The summed E-state index contributed by atoms with van der Waals surface area (Å²) < 4.78 is 5.28. The van der Waals surface area contributed by atoms with Crippen molar-refractivity contribution in [3.8, 4) is 0 Å². The van der Waals surface area contributed by atoms with E-state index in [-0.39, 0.29) is 0 Å². The summed E-state index contributed by atoms with van der Waals surface area (Å²) in [6, 6.07) is -1.87. The first-order valence-electron chi connectivity index (χ1n) is 7.21. The Morgan fingerprint density at radius 2 is 1.95 bits per heavy atom. The standard InChI is InChI=1S/C15H24N2O5/c1-9(2)11(13(19)20)16-12(18)10-7-6-8-17(10)14(21)22-15(3,4)5/h10-11H,1,6-8H2,2-5H3,(H,16,18)(H,19,20)/t10-,11+/m0/s1. The third-order valence-electron chi connectivity index (χ3n) is 3.21. The third kappa shape index (κ3) is 4.75. The van der Waals surface area contributed by atoms with E-state index in [2.05, 4.69) is 11.9 Å². The molecule has 2 N–H and O–H groups in total. The summed E-state index contributed by atoms with van der Waals surface area (Å²) in [6.07, 6.45) is 0.586. The molecule has 124 valence electrons. The van der Waals surface area contributed by atoms with E-state index in [9.17, 15) is 14.4 Å². The van der Waals surface area contributed by atoms with Crippen LogP contribution in [-0.4, -0.2) is 52.2 Å². The van der Waals surface area contributed by atoms with Crippen LogP contribution in [0.5, 0.6) is 0 Å². The number of hydrogen-bond donors (Lipinski definition) is 2. The van der Waals surface area contributed by atoms with Crippen LogP contribution < -0.4 is 5.32 Å². The first-order chi connectivity index (χ1) is 10.0. The van der Waals surface area contributed by atoms with Crippen LogP contribution in [0.1, 0.15) is 40.5 Å². The molecule has 0 aliphatic carbocycles. The second-order valence-electron chi connectivity index (χ2n) is 6.46. The van der Waals surface area contributed by atoms with Crippen molar-refractivity contribution in [1.82, 2.24) is 10.2 Å². The van der Waals surface area contributed by atoms with Gasteiger partial charge in [-0.05, 0) is 46.1 Å². The Morgan fingerprint density at radius 1 is 1.36 bits per heavy atom. The van der Waals surface area contributed by atoms with E-state index in [0.29, 0.717) is 25.0 Å². The molecule has 22 heavy (non-hydrogen) atoms. The van der Waals surface area contributed by atoms with Crippen molar-refractivity contribution in [3.63, 3.8) is 0 Å². The molecule has 0 unspecified atom stereocenters. The molecule has 0 aromatic rings. The largest absolute Gasteiger partial charge is 0.479 e. The van der Waals surface area contributed by atoms with Crippen LogP contribution in [0.4, 0.5) is 4.79 Å². The lowest BCUT2D eigenvalue weighted by atomic mass is 10.1. The Hall–Kier alpha value is -2.05. The van der Waals surface area contributed by atoms with E-state index in [1.165, 1.54) is 11.8 Å². The van der Waals surface area contributed by atoms with Gasteiger partial charge in [-0.1, -0.05) is 6.58 Å². The van der Waals surface area contributed by atoms with Crippen molar-refractivity contribution in [2.45, 2.75) is 58.2 Å². The molecule has 1 saturated heterocycles. The van der Waals surface area contributed by atoms with Gasteiger partial charge in [0.05, 0.1) is 0 Å². The molecule has 0 saturated carbocycles. The molecule has 0 aromatic carbocycles. The number of hydrogen-bond acceptors (Lipinski definition) is 4. The van der Waals surface area contributed by atoms with Gasteiger partial charge in [0.1, 0.15) is 17.7 Å². The predicted molar refractivity (Wildman–Crippen MR) is 80.3 cm³/mol. The zero-order valence-corrected chi connectivity index (χ0v) is 13.5. The van der Waals surface area contributed by atoms with Crippen LogP contribution >= 0.6 is 0 Å². The van der Waals surface area contributed by atoms with Gasteiger partial charge in [0.15, 0.2) is 0 Å². The number of likely N-dealkylation sites (tertiary alicyclic amines) is 1. The Morgan fingerprint density at radius 3 is 2.41 bits per heavy atom. The number of carbonyl (C=O) groups is 3. The molecule has 1 heterocycles. The molecule has 2 amide bonds. The molecule has 1 aliphatic heterocycles. The van der Waals surface area contributed by atoms with E-state index in [1.807, 2.05) is 0 Å². The van der Waals surface area contributed by atoms with Gasteiger partial charge in [0, 0.05) is 6.54 Å². The highest BCUT2D eigenvalue weighted by atomic mass is 16.6. The maximum atomic E-state index is 12.3. The SMILES string of the molecule is C=C(C)[C@@H](NC(=O)[C@@H]1CCCN1C(=O)OC(C)(C)C)C(=O)O. The smallest absolute Gasteiger partial charge is 0.410 e. The highest BCUT2D eigenvalue weighted by Gasteiger charge is 2.38. The van der Waals surface area contributed by atoms with E-state index < -0.39 is 35.7 Å². The molecular formula is C15H24N2O5. The number of carboxylic acid groups (broad SMARTS) is 1. The minimum Gasteiger partial charge on any atom is -0.479 e. The number of aliphatic carboxylic acids is 1. The van der Waals surface area contributed by atoms with Crippen molar-refractivity contribution in [3.05, 3.63) is 12.2 Å². The Labute approximate surface area is 130 Å². The van der Waals surface area contributed by atoms with Gasteiger partial charge in [-0.15, -0.1) is 0 Å². The highest BCUT2D eigenvalue weighted by Crippen LogP contribution is 2.21. The number of rotatable bonds is 4. The van der Waals surface area contributed by atoms with E-state index >= 15 is 0 Å². The summed E-state index contributed by atoms with van der Waals surface area (Å²) in [5.74, 6) is -1.68. The summed E-state index contributed by atoms with van der Waals surface area (Å²) in [5.41, 5.74) is -0.329. The van der Waals surface area contributed by atoms with Crippen molar-refractivity contribution < 1.29 is 24.2 Å². The van der Waals surface area contributed by atoms with Gasteiger partial charge < -0.3 is 15.2 Å². The lowest BCUT2D eigenvalue weighted by Crippen LogP contribution is -2.51. The highest BCUT2D eigenvalue weighted by molar-refractivity contribution is 5.90. The number of nitrogens with zero attached hydrogens (tertiary/aromatic N) is 1. The lowest BCUT2D eigenvalue weighted by molar-refractivity contribution is -0.141. The Bertz CT molecular complexity index is 467. The van der Waals surface area contributed by atoms with Crippen LogP contribution in [0, 0.1) is 0 Å². The average molecular weight is 312 g/mol. The first kappa shape index (κ1) is 18.0. The number of ether oxygens (including phenoxy) is 1. The maximum absolute atomic E-state index is 12.3. The molecular weight excluding hydrogens is 288 g/mol. The summed E-state index contributed by atoms with van der Waals surface area (Å²) in [6.45, 7) is 10.7. The second-order valence-corrected chi connectivity index (χ2v) is 6.46. The summed E-state index contributed by atoms with van der Waals surface area (Å²) >= 11 is 0. The normalized spacial score (nSPS) is 19.5. The molecule has 1 rings (SSSR count). The van der Waals surface area contributed by atoms with Crippen molar-refractivity contribution in [2.24, 2.45) is 0 Å². The molecule has 0 radical (unpaired) electrons. The van der Waals surface area contributed by atoms with Crippen LogP contribution in [-0.2, 0) is 14.3 Å². The summed E-state index contributed by atoms with van der Waals surface area (Å²) in [4.78, 5) is 36.9. The molecule has 1 aliphatic rings. The Balaban J connectivity index is 2.77. The van der Waals surface area contributed by atoms with Gasteiger partial charge >= 0.3 is 12.1 Å². The molecule has 0 spiro atoms. The van der Waals surface area contributed by atoms with Gasteiger partial charge in [-0.2, -0.15) is 0 Å². The fourth-order valence-corrected chi connectivity index (χ4v) is 2.21. The Kier molecular flexibility index (Phi) is 5.57. The van der Waals surface area contributed by atoms with Gasteiger partial charge in [0.2, 0.25) is 5.91 Å². The minimum absolute atomic E-state index is 0.322. The number of carboxylic acids is 1. The van der Waals surface area contributed by atoms with Crippen LogP contribution in [0.25, 0.3) is 0 Å². The fourth-order valence-electron chi connectivity index (χ4n) is 2.21. The van der Waals surface area contributed by atoms with Crippen molar-refractivity contribution in [2.75, 3.05) is 6.54 Å². The molecule has 7 nitrogen and oxygen atoms in total. The average Bonchev–Trinajstić information content (AvgIpc) is 2.81. The molecule has 2 atom stereocenters. The molecule has 0 bridgehead atoms. The lowest BCUT2D eigenvalue weighted by Gasteiger charge is -2.28. The van der Waals surface area contributed by atoms with Crippen LogP contribution in [0.15, 0.2) is 12.2 Å². The van der Waals surface area contributed by atoms with Crippen molar-refractivity contribution in [1.29, 1.82) is 0 Å². The quantitative estimate of drug-likeness (QED) is 0.768. The number of carbonyl (C=O) groups excluding carboxylic acids is 2. The fraction of sp³-hybridized carbons (Fsp3) is 0.667. The predicted octanol–water partition coefficient (Wildman–Crippen LogP) is 1.53. The van der Waals surface area contributed by atoms with Crippen LogP contribution in [0.2, 0.25) is 0 Å². The monoisotopic (exact) mass is 312 g/mol. The van der Waals surface area contributed by atoms with Crippen LogP contribution in [0.3, 0.4) is 0 Å². The zero-order valence-electron chi connectivity index (χ0n) is 13.5. The minimum atomic E-state index is -1.18. The van der Waals surface area contributed by atoms with Gasteiger partial charge in [-0.25, -0.2) is 9.59 Å². The van der Waals surface area contributed by atoms with E-state index in [4.69, 9.17) is 9.84 Å². The number of nitrogens with one attached hydrogen (secondary N) is 1. The summed E-state index contributed by atoms with van der Waals surface area (Å²) in [7, 11) is 0. The summed E-state index contributed by atoms with van der Waals surface area (Å²) in [5, 5.41) is 11.5. The van der Waals surface area contributed by atoms with E-state index in [0.717, 1.165) is 0 Å². The third-order valence-corrected chi connectivity index (χ3v) is 3.21. The first-order valence-corrected chi connectivity index (χ1v) is 7.21. The second kappa shape index (κ2) is 6.81. The zero-order chi connectivity index (χ0) is 17.1. The van der Waals surface area contributed by atoms with E-state index in [1.54, 1.807) is 20.8 Å². The van der Waals surface area contributed by atoms with Gasteiger partial charge in [0.25, 0.3) is 0 Å². The number of amides is 2. The maximum Gasteiger partial charge on any atom is 0.410 e. The molecule has 1 fully saturated rings. The van der Waals surface area contributed by atoms with Crippen molar-refractivity contribution >= 4 is 18.0 Å². The topological polar surface area (TPSA) is 95.9 Å². The van der Waals surface area contributed by atoms with Gasteiger partial charge in [-0.3, -0.25) is 9.69 Å². The molecule has 0 aromatic heterocycles. The molecule has 7 heteroatoms.